The van der Waals surface area contributed by atoms with Gasteiger partial charge in [0.25, 0.3) is 0 Å². The van der Waals surface area contributed by atoms with Crippen molar-refractivity contribution in [1.29, 1.82) is 0 Å². The Morgan fingerprint density at radius 2 is 2.31 bits per heavy atom. The molecule has 1 aliphatic carbocycles. The van der Waals surface area contributed by atoms with Gasteiger partial charge < -0.3 is 10.4 Å². The summed E-state index contributed by atoms with van der Waals surface area (Å²) >= 11 is 0. The van der Waals surface area contributed by atoms with Crippen LogP contribution in [0.1, 0.15) is 24.8 Å². The van der Waals surface area contributed by atoms with Crippen molar-refractivity contribution in [2.75, 3.05) is 5.32 Å². The molecule has 0 aromatic carbocycles. The highest BCUT2D eigenvalue weighted by atomic mass is 16.4. The summed E-state index contributed by atoms with van der Waals surface area (Å²) in [7, 11) is 0. The highest BCUT2D eigenvalue weighted by Gasteiger charge is 2.32. The quantitative estimate of drug-likeness (QED) is 0.818. The number of nitrogens with zero attached hydrogens (tertiary/aromatic N) is 1. The van der Waals surface area contributed by atoms with Gasteiger partial charge in [-0.3, -0.25) is 4.79 Å². The smallest absolute Gasteiger partial charge is 0.308 e. The highest BCUT2D eigenvalue weighted by molar-refractivity contribution is 5.72. The van der Waals surface area contributed by atoms with Gasteiger partial charge >= 0.3 is 5.97 Å². The molecule has 1 heterocycles. The van der Waals surface area contributed by atoms with Crippen LogP contribution in [0.2, 0.25) is 0 Å². The fraction of sp³-hybridized carbons (Fsp3) is 0.500. The Hall–Kier alpha value is -1.58. The largest absolute Gasteiger partial charge is 0.481 e. The summed E-state index contributed by atoms with van der Waals surface area (Å²) in [5.74, 6) is -0.214. The molecule has 4 heteroatoms. The first-order chi connectivity index (χ1) is 7.66. The second kappa shape index (κ2) is 4.51. The summed E-state index contributed by atoms with van der Waals surface area (Å²) in [5, 5.41) is 12.3. The van der Waals surface area contributed by atoms with Crippen molar-refractivity contribution < 1.29 is 9.90 Å². The zero-order chi connectivity index (χ0) is 11.5. The van der Waals surface area contributed by atoms with Gasteiger partial charge in [-0.15, -0.1) is 0 Å². The van der Waals surface area contributed by atoms with Crippen molar-refractivity contribution in [1.82, 2.24) is 4.98 Å². The molecule has 1 saturated carbocycles. The Kier molecular flexibility index (Phi) is 3.08. The number of rotatable bonds is 3. The average molecular weight is 220 g/mol. The lowest BCUT2D eigenvalue weighted by Gasteiger charge is -2.18. The zero-order valence-corrected chi connectivity index (χ0v) is 9.31. The number of aliphatic carboxylic acids is 1. The molecular weight excluding hydrogens is 204 g/mol. The topological polar surface area (TPSA) is 62.2 Å². The van der Waals surface area contributed by atoms with E-state index in [4.69, 9.17) is 5.11 Å². The lowest BCUT2D eigenvalue weighted by Crippen LogP contribution is -2.30. The van der Waals surface area contributed by atoms with E-state index in [-0.39, 0.29) is 12.0 Å². The Labute approximate surface area is 94.7 Å². The van der Waals surface area contributed by atoms with E-state index in [1.807, 2.05) is 19.1 Å². The third-order valence-corrected chi connectivity index (χ3v) is 3.08. The molecule has 1 fully saturated rings. The molecule has 2 unspecified atom stereocenters. The van der Waals surface area contributed by atoms with E-state index in [0.717, 1.165) is 30.6 Å². The van der Waals surface area contributed by atoms with E-state index in [2.05, 4.69) is 10.3 Å². The summed E-state index contributed by atoms with van der Waals surface area (Å²) < 4.78 is 0. The van der Waals surface area contributed by atoms with E-state index in [9.17, 15) is 4.79 Å². The van der Waals surface area contributed by atoms with Gasteiger partial charge in [0.1, 0.15) is 5.82 Å². The van der Waals surface area contributed by atoms with E-state index >= 15 is 0 Å². The summed E-state index contributed by atoms with van der Waals surface area (Å²) in [6.45, 7) is 1.98. The van der Waals surface area contributed by atoms with Gasteiger partial charge in [-0.25, -0.2) is 4.98 Å². The number of hydrogen-bond donors (Lipinski definition) is 2. The Morgan fingerprint density at radius 3 is 2.94 bits per heavy atom. The molecular formula is C12H16N2O2. The first kappa shape index (κ1) is 10.9. The predicted octanol–water partition coefficient (Wildman–Crippen LogP) is 2.06. The summed E-state index contributed by atoms with van der Waals surface area (Å²) in [6, 6.07) is 3.89. The molecule has 0 bridgehead atoms. The van der Waals surface area contributed by atoms with E-state index in [1.165, 1.54) is 0 Å². The standard InChI is InChI=1S/C12H16N2O2/c1-8-5-6-11(13-7-8)14-10-4-2-3-9(10)12(15)16/h5-7,9-10H,2-4H2,1H3,(H,13,14)(H,15,16). The highest BCUT2D eigenvalue weighted by Crippen LogP contribution is 2.28. The monoisotopic (exact) mass is 220 g/mol. The number of aryl methyl sites for hydroxylation is 1. The maximum Gasteiger partial charge on any atom is 0.308 e. The van der Waals surface area contributed by atoms with Gasteiger partial charge in [0.15, 0.2) is 0 Å². The average Bonchev–Trinajstić information content (AvgIpc) is 2.69. The Bertz CT molecular complexity index is 375. The number of anilines is 1. The van der Waals surface area contributed by atoms with Gasteiger partial charge in [0.2, 0.25) is 0 Å². The van der Waals surface area contributed by atoms with Crippen molar-refractivity contribution in [3.8, 4) is 0 Å². The number of hydrogen-bond acceptors (Lipinski definition) is 3. The van der Waals surface area contributed by atoms with Crippen molar-refractivity contribution >= 4 is 11.8 Å². The summed E-state index contributed by atoms with van der Waals surface area (Å²) in [5.41, 5.74) is 1.10. The van der Waals surface area contributed by atoms with Crippen molar-refractivity contribution in [2.24, 2.45) is 5.92 Å². The minimum absolute atomic E-state index is 0.0210. The van der Waals surface area contributed by atoms with Gasteiger partial charge in [0, 0.05) is 12.2 Å². The third kappa shape index (κ3) is 2.32. The summed E-state index contributed by atoms with van der Waals surface area (Å²) in [4.78, 5) is 15.2. The molecule has 86 valence electrons. The van der Waals surface area contributed by atoms with Crippen LogP contribution in [0.5, 0.6) is 0 Å². The first-order valence-corrected chi connectivity index (χ1v) is 5.59. The van der Waals surface area contributed by atoms with Crippen LogP contribution in [-0.4, -0.2) is 22.1 Å². The molecule has 1 aliphatic rings. The molecule has 0 saturated heterocycles. The van der Waals surface area contributed by atoms with Crippen LogP contribution in [-0.2, 0) is 4.79 Å². The SMILES string of the molecule is Cc1ccc(NC2CCCC2C(=O)O)nc1. The van der Waals surface area contributed by atoms with Crippen LogP contribution in [0.4, 0.5) is 5.82 Å². The molecule has 2 N–H and O–H groups in total. The molecule has 2 rings (SSSR count). The first-order valence-electron chi connectivity index (χ1n) is 5.59. The second-order valence-corrected chi connectivity index (χ2v) is 4.35. The normalized spacial score (nSPS) is 24.3. The molecule has 0 spiro atoms. The lowest BCUT2D eigenvalue weighted by atomic mass is 10.0. The molecule has 0 aliphatic heterocycles. The van der Waals surface area contributed by atoms with Crippen molar-refractivity contribution in [2.45, 2.75) is 32.2 Å². The fourth-order valence-electron chi connectivity index (χ4n) is 2.17. The Morgan fingerprint density at radius 1 is 1.50 bits per heavy atom. The zero-order valence-electron chi connectivity index (χ0n) is 9.31. The predicted molar refractivity (Wildman–Crippen MR) is 61.4 cm³/mol. The van der Waals surface area contributed by atoms with Crippen molar-refractivity contribution in [3.63, 3.8) is 0 Å². The number of pyridine rings is 1. The maximum atomic E-state index is 11.0. The van der Waals surface area contributed by atoms with Gasteiger partial charge in [-0.05, 0) is 31.4 Å². The van der Waals surface area contributed by atoms with Crippen LogP contribution in [0.25, 0.3) is 0 Å². The minimum atomic E-state index is -0.706. The van der Waals surface area contributed by atoms with Crippen molar-refractivity contribution in [3.05, 3.63) is 23.9 Å². The number of aromatic nitrogens is 1. The second-order valence-electron chi connectivity index (χ2n) is 4.35. The minimum Gasteiger partial charge on any atom is -0.481 e. The van der Waals surface area contributed by atoms with Crippen LogP contribution >= 0.6 is 0 Å². The third-order valence-electron chi connectivity index (χ3n) is 3.08. The number of carboxylic acid groups (broad SMARTS) is 1. The van der Waals surface area contributed by atoms with Gasteiger partial charge in [0.05, 0.1) is 5.92 Å². The molecule has 2 atom stereocenters. The van der Waals surface area contributed by atoms with E-state index in [0.29, 0.717) is 0 Å². The van der Waals surface area contributed by atoms with Crippen LogP contribution in [0, 0.1) is 12.8 Å². The maximum absolute atomic E-state index is 11.0. The van der Waals surface area contributed by atoms with E-state index < -0.39 is 5.97 Å². The van der Waals surface area contributed by atoms with E-state index in [1.54, 1.807) is 6.20 Å². The molecule has 1 aromatic heterocycles. The number of nitrogens with one attached hydrogen (secondary N) is 1. The van der Waals surface area contributed by atoms with Crippen LogP contribution < -0.4 is 5.32 Å². The summed E-state index contributed by atoms with van der Waals surface area (Å²) in [6.07, 6.45) is 4.43. The molecule has 16 heavy (non-hydrogen) atoms. The fourth-order valence-corrected chi connectivity index (χ4v) is 2.17. The molecule has 0 radical (unpaired) electrons. The molecule has 1 aromatic rings. The van der Waals surface area contributed by atoms with Crippen LogP contribution in [0.3, 0.4) is 0 Å². The number of carbonyl (C=O) groups is 1. The van der Waals surface area contributed by atoms with Gasteiger partial charge in [-0.1, -0.05) is 12.5 Å². The molecule has 4 nitrogen and oxygen atoms in total. The lowest BCUT2D eigenvalue weighted by molar-refractivity contribution is -0.141. The Balaban J connectivity index is 2.03. The number of carboxylic acids is 1. The van der Waals surface area contributed by atoms with Crippen LogP contribution in [0.15, 0.2) is 18.3 Å². The molecule has 0 amide bonds. The van der Waals surface area contributed by atoms with Gasteiger partial charge in [-0.2, -0.15) is 0 Å².